The minimum Gasteiger partial charge on any atom is -0.394 e. The zero-order valence-electron chi connectivity index (χ0n) is 10.5. The van der Waals surface area contributed by atoms with Gasteiger partial charge < -0.3 is 19.3 Å². The van der Waals surface area contributed by atoms with Crippen LogP contribution in [0.3, 0.4) is 0 Å². The quantitative estimate of drug-likeness (QED) is 0.844. The maximum absolute atomic E-state index is 12.2. The maximum atomic E-state index is 12.2. The lowest BCUT2D eigenvalue weighted by Gasteiger charge is -2.33. The Kier molecular flexibility index (Phi) is 4.33. The molecular weight excluding hydrogens is 236 g/mol. The molecule has 18 heavy (non-hydrogen) atoms. The first kappa shape index (κ1) is 13.0. The van der Waals surface area contributed by atoms with Crippen LogP contribution < -0.4 is 0 Å². The van der Waals surface area contributed by atoms with Gasteiger partial charge in [-0.3, -0.25) is 4.79 Å². The highest BCUT2D eigenvalue weighted by molar-refractivity contribution is 5.92. The van der Waals surface area contributed by atoms with Crippen molar-refractivity contribution >= 4 is 5.91 Å². The summed E-state index contributed by atoms with van der Waals surface area (Å²) in [4.78, 5) is 13.8. The average Bonchev–Trinajstić information content (AvgIpc) is 2.87. The Labute approximate surface area is 106 Å². The van der Waals surface area contributed by atoms with Crippen LogP contribution in [0.15, 0.2) is 10.6 Å². The predicted octanol–water partition coefficient (Wildman–Crippen LogP) is 0.460. The number of aliphatic hydroxyl groups is 1. The highest BCUT2D eigenvalue weighted by atomic mass is 16.5. The number of nitrogens with zero attached hydrogens (tertiary/aromatic N) is 2. The van der Waals surface area contributed by atoms with Crippen LogP contribution >= 0.6 is 0 Å². The number of amides is 1. The van der Waals surface area contributed by atoms with Gasteiger partial charge in [-0.15, -0.1) is 0 Å². The Bertz CT molecular complexity index is 405. The first-order valence-corrected chi connectivity index (χ1v) is 6.21. The van der Waals surface area contributed by atoms with Crippen molar-refractivity contribution in [3.05, 3.63) is 17.5 Å². The first-order chi connectivity index (χ1) is 8.76. The van der Waals surface area contributed by atoms with Crippen molar-refractivity contribution < 1.29 is 19.2 Å². The van der Waals surface area contributed by atoms with Crippen molar-refractivity contribution in [3.8, 4) is 0 Å². The molecule has 0 aliphatic carbocycles. The SMILES string of the molecule is CCCc1cc(C(=O)N2CCOC[C@H]2CO)no1. The van der Waals surface area contributed by atoms with E-state index in [-0.39, 0.29) is 18.6 Å². The molecule has 1 fully saturated rings. The molecule has 1 amide bonds. The molecule has 1 N–H and O–H groups in total. The summed E-state index contributed by atoms with van der Waals surface area (Å²) < 4.78 is 10.3. The van der Waals surface area contributed by atoms with Crippen LogP contribution in [0, 0.1) is 0 Å². The van der Waals surface area contributed by atoms with Crippen LogP contribution in [0.1, 0.15) is 29.6 Å². The minimum absolute atomic E-state index is 0.106. The molecule has 1 aromatic heterocycles. The van der Waals surface area contributed by atoms with Gasteiger partial charge in [-0.2, -0.15) is 0 Å². The zero-order chi connectivity index (χ0) is 13.0. The molecule has 1 atom stereocenters. The lowest BCUT2D eigenvalue weighted by Crippen LogP contribution is -2.50. The second-order valence-electron chi connectivity index (χ2n) is 4.34. The van der Waals surface area contributed by atoms with Crippen LogP contribution in [0.2, 0.25) is 0 Å². The van der Waals surface area contributed by atoms with Gasteiger partial charge in [-0.1, -0.05) is 12.1 Å². The molecule has 2 heterocycles. The van der Waals surface area contributed by atoms with E-state index in [0.717, 1.165) is 18.6 Å². The average molecular weight is 254 g/mol. The van der Waals surface area contributed by atoms with Crippen molar-refractivity contribution in [2.75, 3.05) is 26.4 Å². The van der Waals surface area contributed by atoms with E-state index in [9.17, 15) is 9.90 Å². The van der Waals surface area contributed by atoms with E-state index in [1.165, 1.54) is 0 Å². The molecular formula is C12H18N2O4. The van der Waals surface area contributed by atoms with Gasteiger partial charge in [0.1, 0.15) is 5.76 Å². The lowest BCUT2D eigenvalue weighted by atomic mass is 10.2. The van der Waals surface area contributed by atoms with E-state index in [4.69, 9.17) is 9.26 Å². The summed E-state index contributed by atoms with van der Waals surface area (Å²) >= 11 is 0. The van der Waals surface area contributed by atoms with Crippen molar-refractivity contribution in [1.82, 2.24) is 10.1 Å². The van der Waals surface area contributed by atoms with E-state index in [2.05, 4.69) is 5.16 Å². The fourth-order valence-corrected chi connectivity index (χ4v) is 2.00. The van der Waals surface area contributed by atoms with Crippen LogP contribution in [-0.2, 0) is 11.2 Å². The van der Waals surface area contributed by atoms with Crippen molar-refractivity contribution in [2.45, 2.75) is 25.8 Å². The summed E-state index contributed by atoms with van der Waals surface area (Å²) in [5, 5.41) is 13.0. The van der Waals surface area contributed by atoms with Gasteiger partial charge in [-0.25, -0.2) is 0 Å². The van der Waals surface area contributed by atoms with E-state index in [1.54, 1.807) is 11.0 Å². The van der Waals surface area contributed by atoms with Crippen LogP contribution in [0.4, 0.5) is 0 Å². The first-order valence-electron chi connectivity index (χ1n) is 6.21. The number of aryl methyl sites for hydroxylation is 1. The summed E-state index contributed by atoms with van der Waals surface area (Å²) in [7, 11) is 0. The maximum Gasteiger partial charge on any atom is 0.276 e. The molecule has 0 bridgehead atoms. The Hall–Kier alpha value is -1.40. The second kappa shape index (κ2) is 5.97. The van der Waals surface area contributed by atoms with Gasteiger partial charge in [0.05, 0.1) is 25.9 Å². The topological polar surface area (TPSA) is 75.8 Å². The highest BCUT2D eigenvalue weighted by Crippen LogP contribution is 2.13. The number of rotatable bonds is 4. The Morgan fingerprint density at radius 1 is 1.67 bits per heavy atom. The third-order valence-electron chi connectivity index (χ3n) is 2.97. The molecule has 100 valence electrons. The van der Waals surface area contributed by atoms with E-state index in [0.29, 0.717) is 25.5 Å². The number of carbonyl (C=O) groups is 1. The van der Waals surface area contributed by atoms with Crippen molar-refractivity contribution in [3.63, 3.8) is 0 Å². The zero-order valence-corrected chi connectivity index (χ0v) is 10.5. The molecule has 0 spiro atoms. The number of ether oxygens (including phenoxy) is 1. The number of aliphatic hydroxyl groups excluding tert-OH is 1. The van der Waals surface area contributed by atoms with Crippen molar-refractivity contribution in [2.24, 2.45) is 0 Å². The number of morpholine rings is 1. The number of aromatic nitrogens is 1. The molecule has 1 aliphatic heterocycles. The Balaban J connectivity index is 2.08. The molecule has 0 aromatic carbocycles. The monoisotopic (exact) mass is 254 g/mol. The Morgan fingerprint density at radius 2 is 2.50 bits per heavy atom. The van der Waals surface area contributed by atoms with Crippen LogP contribution in [0.5, 0.6) is 0 Å². The minimum atomic E-state index is -0.294. The Morgan fingerprint density at radius 3 is 3.22 bits per heavy atom. The molecule has 2 rings (SSSR count). The molecule has 0 radical (unpaired) electrons. The van der Waals surface area contributed by atoms with Crippen LogP contribution in [-0.4, -0.2) is 53.5 Å². The van der Waals surface area contributed by atoms with E-state index in [1.807, 2.05) is 6.92 Å². The third kappa shape index (κ3) is 2.70. The highest BCUT2D eigenvalue weighted by Gasteiger charge is 2.29. The summed E-state index contributed by atoms with van der Waals surface area (Å²) in [6.45, 7) is 3.25. The molecule has 0 unspecified atom stereocenters. The standard InChI is InChI=1S/C12H18N2O4/c1-2-3-10-6-11(13-18-10)12(16)14-4-5-17-8-9(14)7-15/h6,9,15H,2-5,7-8H2,1H3/t9-/m1/s1. The summed E-state index contributed by atoms with van der Waals surface area (Å²) in [6, 6.07) is 1.38. The van der Waals surface area contributed by atoms with E-state index < -0.39 is 0 Å². The molecule has 1 saturated heterocycles. The fraction of sp³-hybridized carbons (Fsp3) is 0.667. The summed E-state index contributed by atoms with van der Waals surface area (Å²) in [5.74, 6) is 0.512. The van der Waals surface area contributed by atoms with Crippen LogP contribution in [0.25, 0.3) is 0 Å². The van der Waals surface area contributed by atoms with E-state index >= 15 is 0 Å². The number of carbonyl (C=O) groups excluding carboxylic acids is 1. The van der Waals surface area contributed by atoms with Gasteiger partial charge >= 0.3 is 0 Å². The molecule has 1 aliphatic rings. The summed E-state index contributed by atoms with van der Waals surface area (Å²) in [6.07, 6.45) is 1.71. The van der Waals surface area contributed by atoms with Gasteiger partial charge in [0.15, 0.2) is 5.69 Å². The molecule has 6 nitrogen and oxygen atoms in total. The van der Waals surface area contributed by atoms with Gasteiger partial charge in [-0.05, 0) is 6.42 Å². The third-order valence-corrected chi connectivity index (χ3v) is 2.97. The lowest BCUT2D eigenvalue weighted by molar-refractivity contribution is -0.0188. The summed E-state index contributed by atoms with van der Waals surface area (Å²) in [5.41, 5.74) is 0.304. The predicted molar refractivity (Wildman–Crippen MR) is 63.2 cm³/mol. The number of hydrogen-bond donors (Lipinski definition) is 1. The number of hydrogen-bond acceptors (Lipinski definition) is 5. The fourth-order valence-electron chi connectivity index (χ4n) is 2.00. The van der Waals surface area contributed by atoms with Gasteiger partial charge in [0.25, 0.3) is 5.91 Å². The molecule has 1 aromatic rings. The van der Waals surface area contributed by atoms with Gasteiger partial charge in [0, 0.05) is 19.0 Å². The van der Waals surface area contributed by atoms with Crippen molar-refractivity contribution in [1.29, 1.82) is 0 Å². The smallest absolute Gasteiger partial charge is 0.276 e. The molecule has 0 saturated carbocycles. The largest absolute Gasteiger partial charge is 0.394 e. The normalized spacial score (nSPS) is 20.1. The second-order valence-corrected chi connectivity index (χ2v) is 4.34. The molecule has 6 heteroatoms. The van der Waals surface area contributed by atoms with Gasteiger partial charge in [0.2, 0.25) is 0 Å².